The molecule has 0 saturated heterocycles. The van der Waals surface area contributed by atoms with E-state index in [1.807, 2.05) is 0 Å². The minimum Gasteiger partial charge on any atom is -0.394 e. The number of carbonyl (C=O) groups is 1. The maximum absolute atomic E-state index is 12.8. The molecule has 17 heavy (non-hydrogen) atoms. The van der Waals surface area contributed by atoms with E-state index in [1.165, 1.54) is 7.05 Å². The first-order chi connectivity index (χ1) is 7.45. The van der Waals surface area contributed by atoms with Crippen LogP contribution < -0.4 is 11.1 Å². The molecule has 0 heterocycles. The van der Waals surface area contributed by atoms with Gasteiger partial charge in [-0.15, -0.1) is 12.4 Å². The standard InChI is InChI=1S/C10H9F3N2O.ClH/c1-15-10(16)8(14)4-5-2-6(11)9(13)7(12)3-5;/h2-4H,14H2,1H3,(H,15,16);1H. The van der Waals surface area contributed by atoms with Crippen LogP contribution in [0.3, 0.4) is 0 Å². The van der Waals surface area contributed by atoms with Crippen molar-refractivity contribution in [1.29, 1.82) is 0 Å². The third-order valence-corrected chi connectivity index (χ3v) is 1.82. The number of likely N-dealkylation sites (N-methyl/N-ethyl adjacent to an activating group) is 1. The van der Waals surface area contributed by atoms with Crippen LogP contribution >= 0.6 is 12.4 Å². The van der Waals surface area contributed by atoms with E-state index in [2.05, 4.69) is 5.32 Å². The predicted molar refractivity (Wildman–Crippen MR) is 59.8 cm³/mol. The van der Waals surface area contributed by atoms with Gasteiger partial charge in [0.1, 0.15) is 0 Å². The molecule has 1 aromatic rings. The number of nitrogens with two attached hydrogens (primary N) is 1. The van der Waals surface area contributed by atoms with E-state index in [1.54, 1.807) is 0 Å². The molecular weight excluding hydrogens is 257 g/mol. The van der Waals surface area contributed by atoms with Crippen molar-refractivity contribution in [3.05, 3.63) is 40.8 Å². The number of halogens is 4. The Kier molecular flexibility index (Phi) is 5.53. The minimum absolute atomic E-state index is 0. The molecule has 0 saturated carbocycles. The monoisotopic (exact) mass is 266 g/mol. The number of hydrogen-bond acceptors (Lipinski definition) is 2. The molecule has 94 valence electrons. The molecule has 7 heteroatoms. The van der Waals surface area contributed by atoms with Crippen LogP contribution in [0, 0.1) is 17.5 Å². The summed E-state index contributed by atoms with van der Waals surface area (Å²) < 4.78 is 38.2. The molecule has 0 aliphatic heterocycles. The molecule has 3 N–H and O–H groups in total. The van der Waals surface area contributed by atoms with Gasteiger partial charge >= 0.3 is 0 Å². The summed E-state index contributed by atoms with van der Waals surface area (Å²) in [5.41, 5.74) is 5.05. The van der Waals surface area contributed by atoms with Crippen molar-refractivity contribution in [2.75, 3.05) is 7.05 Å². The van der Waals surface area contributed by atoms with Crippen molar-refractivity contribution in [3.8, 4) is 0 Å². The van der Waals surface area contributed by atoms with Gasteiger partial charge < -0.3 is 11.1 Å². The van der Waals surface area contributed by atoms with Crippen LogP contribution in [0.25, 0.3) is 6.08 Å². The van der Waals surface area contributed by atoms with E-state index in [0.29, 0.717) is 0 Å². The lowest BCUT2D eigenvalue weighted by molar-refractivity contribution is -0.117. The van der Waals surface area contributed by atoms with E-state index in [-0.39, 0.29) is 23.7 Å². The zero-order chi connectivity index (χ0) is 12.3. The van der Waals surface area contributed by atoms with Gasteiger partial charge in [-0.25, -0.2) is 13.2 Å². The van der Waals surface area contributed by atoms with Crippen molar-refractivity contribution in [3.63, 3.8) is 0 Å². The fourth-order valence-corrected chi connectivity index (χ4v) is 1.05. The molecule has 0 atom stereocenters. The van der Waals surface area contributed by atoms with Crippen LogP contribution in [0.1, 0.15) is 5.56 Å². The fraction of sp³-hybridized carbons (Fsp3) is 0.100. The van der Waals surface area contributed by atoms with Crippen LogP contribution in [0.2, 0.25) is 0 Å². The molecule has 0 aliphatic rings. The number of nitrogens with one attached hydrogen (secondary N) is 1. The van der Waals surface area contributed by atoms with Gasteiger partial charge in [-0.3, -0.25) is 4.79 Å². The van der Waals surface area contributed by atoms with Crippen LogP contribution in [0.15, 0.2) is 17.8 Å². The van der Waals surface area contributed by atoms with Gasteiger partial charge in [0.25, 0.3) is 5.91 Å². The summed E-state index contributed by atoms with van der Waals surface area (Å²) in [4.78, 5) is 11.0. The van der Waals surface area contributed by atoms with Crippen molar-refractivity contribution < 1.29 is 18.0 Å². The summed E-state index contributed by atoms with van der Waals surface area (Å²) in [6, 6.07) is 1.49. The fourth-order valence-electron chi connectivity index (χ4n) is 1.05. The van der Waals surface area contributed by atoms with E-state index in [4.69, 9.17) is 5.73 Å². The molecule has 1 amide bonds. The van der Waals surface area contributed by atoms with Gasteiger partial charge in [-0.1, -0.05) is 0 Å². The lowest BCUT2D eigenvalue weighted by atomic mass is 10.1. The zero-order valence-electron chi connectivity index (χ0n) is 8.76. The Balaban J connectivity index is 0.00000256. The first-order valence-electron chi connectivity index (χ1n) is 4.29. The van der Waals surface area contributed by atoms with E-state index < -0.39 is 23.4 Å². The normalized spacial score (nSPS) is 10.7. The Morgan fingerprint density at radius 3 is 2.18 bits per heavy atom. The van der Waals surface area contributed by atoms with Crippen molar-refractivity contribution in [2.45, 2.75) is 0 Å². The first-order valence-corrected chi connectivity index (χ1v) is 4.29. The van der Waals surface area contributed by atoms with Crippen LogP contribution in [0.5, 0.6) is 0 Å². The Morgan fingerprint density at radius 2 is 1.76 bits per heavy atom. The number of hydrogen-bond donors (Lipinski definition) is 2. The second-order valence-corrected chi connectivity index (χ2v) is 2.98. The first kappa shape index (κ1) is 15.3. The third-order valence-electron chi connectivity index (χ3n) is 1.82. The van der Waals surface area contributed by atoms with Gasteiger partial charge in [-0.2, -0.15) is 0 Å². The summed E-state index contributed by atoms with van der Waals surface area (Å²) in [6.07, 6.45) is 1.05. The molecule has 0 spiro atoms. The summed E-state index contributed by atoms with van der Waals surface area (Å²) in [5, 5.41) is 2.23. The predicted octanol–water partition coefficient (Wildman–Crippen LogP) is 1.57. The molecule has 3 nitrogen and oxygen atoms in total. The second kappa shape index (κ2) is 6.15. The maximum Gasteiger partial charge on any atom is 0.266 e. The number of carbonyl (C=O) groups excluding carboxylic acids is 1. The van der Waals surface area contributed by atoms with Crippen molar-refractivity contribution in [2.24, 2.45) is 5.73 Å². The van der Waals surface area contributed by atoms with Crippen LogP contribution in [-0.2, 0) is 4.79 Å². The lowest BCUT2D eigenvalue weighted by Crippen LogP contribution is -2.24. The Hall–Kier alpha value is -1.69. The maximum atomic E-state index is 12.8. The van der Waals surface area contributed by atoms with Gasteiger partial charge in [0.2, 0.25) is 0 Å². The van der Waals surface area contributed by atoms with Crippen LogP contribution in [0.4, 0.5) is 13.2 Å². The average molecular weight is 267 g/mol. The lowest BCUT2D eigenvalue weighted by Gasteiger charge is -2.01. The highest BCUT2D eigenvalue weighted by atomic mass is 35.5. The highest BCUT2D eigenvalue weighted by molar-refractivity contribution is 5.96. The molecule has 0 aromatic heterocycles. The smallest absolute Gasteiger partial charge is 0.266 e. The second-order valence-electron chi connectivity index (χ2n) is 2.98. The largest absolute Gasteiger partial charge is 0.394 e. The molecule has 0 fully saturated rings. The zero-order valence-corrected chi connectivity index (χ0v) is 9.58. The molecule has 1 rings (SSSR count). The number of amides is 1. The molecule has 0 radical (unpaired) electrons. The van der Waals surface area contributed by atoms with Gasteiger partial charge in [0.15, 0.2) is 17.5 Å². The molecule has 1 aromatic carbocycles. The molecule has 0 aliphatic carbocycles. The average Bonchev–Trinajstić information content (AvgIpc) is 2.24. The molecule has 0 bridgehead atoms. The quantitative estimate of drug-likeness (QED) is 0.631. The van der Waals surface area contributed by atoms with E-state index in [0.717, 1.165) is 18.2 Å². The minimum atomic E-state index is -1.56. The Labute approximate surface area is 102 Å². The summed E-state index contributed by atoms with van der Waals surface area (Å²) in [5.74, 6) is -4.83. The highest BCUT2D eigenvalue weighted by Crippen LogP contribution is 2.15. The number of benzene rings is 1. The Bertz CT molecular complexity index is 440. The van der Waals surface area contributed by atoms with Gasteiger partial charge in [0.05, 0.1) is 5.70 Å². The molecule has 0 unspecified atom stereocenters. The van der Waals surface area contributed by atoms with Crippen molar-refractivity contribution >= 4 is 24.4 Å². The van der Waals surface area contributed by atoms with Crippen molar-refractivity contribution in [1.82, 2.24) is 5.32 Å². The topological polar surface area (TPSA) is 55.1 Å². The van der Waals surface area contributed by atoms with E-state index in [9.17, 15) is 18.0 Å². The summed E-state index contributed by atoms with van der Waals surface area (Å²) >= 11 is 0. The SMILES string of the molecule is CNC(=O)C(N)=Cc1cc(F)c(F)c(F)c1.Cl. The Morgan fingerprint density at radius 1 is 1.29 bits per heavy atom. The summed E-state index contributed by atoms with van der Waals surface area (Å²) in [7, 11) is 1.36. The third kappa shape index (κ3) is 3.67. The van der Waals surface area contributed by atoms with Crippen LogP contribution in [-0.4, -0.2) is 13.0 Å². The highest BCUT2D eigenvalue weighted by Gasteiger charge is 2.10. The van der Waals surface area contributed by atoms with Gasteiger partial charge in [-0.05, 0) is 23.8 Å². The summed E-state index contributed by atoms with van der Waals surface area (Å²) in [6.45, 7) is 0. The van der Waals surface area contributed by atoms with Gasteiger partial charge in [0, 0.05) is 7.05 Å². The van der Waals surface area contributed by atoms with E-state index >= 15 is 0 Å². The molecular formula is C10H10ClF3N2O. The number of rotatable bonds is 2.